The van der Waals surface area contributed by atoms with E-state index in [1.807, 2.05) is 0 Å². The first-order chi connectivity index (χ1) is 10.0. The number of carboxylic acid groups (broad SMARTS) is 1. The second-order valence-corrected chi connectivity index (χ2v) is 4.70. The monoisotopic (exact) mass is 292 g/mol. The van der Waals surface area contributed by atoms with Gasteiger partial charge in [0.15, 0.2) is 6.61 Å². The number of benzene rings is 1. The van der Waals surface area contributed by atoms with E-state index in [1.54, 1.807) is 18.2 Å². The van der Waals surface area contributed by atoms with Gasteiger partial charge in [0, 0.05) is 18.5 Å². The molecule has 0 bridgehead atoms. The molecule has 0 saturated heterocycles. The van der Waals surface area contributed by atoms with Crippen LogP contribution < -0.4 is 15.4 Å². The number of fused-ring (bicyclic) bond motifs is 1. The van der Waals surface area contributed by atoms with Crippen LogP contribution in [0.25, 0.3) is 0 Å². The maximum Gasteiger partial charge on any atom is 0.303 e. The zero-order valence-electron chi connectivity index (χ0n) is 11.3. The molecule has 21 heavy (non-hydrogen) atoms. The molecule has 3 N–H and O–H groups in total. The molecule has 1 aliphatic heterocycles. The number of aliphatic carboxylic acids is 1. The normalized spacial score (nSPS) is 12.9. The molecule has 0 unspecified atom stereocenters. The number of unbranched alkanes of at least 4 members (excludes halogenated alkanes) is 1. The maximum atomic E-state index is 11.7. The van der Waals surface area contributed by atoms with Crippen LogP contribution in [-0.2, 0) is 14.4 Å². The Balaban J connectivity index is 1.85. The first-order valence-electron chi connectivity index (χ1n) is 6.63. The van der Waals surface area contributed by atoms with Gasteiger partial charge in [0.1, 0.15) is 5.75 Å². The van der Waals surface area contributed by atoms with E-state index in [-0.39, 0.29) is 31.3 Å². The number of amides is 2. The van der Waals surface area contributed by atoms with Crippen LogP contribution in [0.3, 0.4) is 0 Å². The third-order valence-corrected chi connectivity index (χ3v) is 2.94. The third-order valence-electron chi connectivity index (χ3n) is 2.94. The van der Waals surface area contributed by atoms with Crippen LogP contribution >= 0.6 is 0 Å². The molecule has 1 heterocycles. The van der Waals surface area contributed by atoms with Crippen molar-refractivity contribution in [1.82, 2.24) is 0 Å². The van der Waals surface area contributed by atoms with Crippen LogP contribution in [0.1, 0.15) is 25.7 Å². The molecule has 1 aromatic carbocycles. The van der Waals surface area contributed by atoms with Crippen LogP contribution in [0.4, 0.5) is 11.4 Å². The van der Waals surface area contributed by atoms with E-state index in [9.17, 15) is 14.4 Å². The molecule has 0 spiro atoms. The van der Waals surface area contributed by atoms with E-state index in [0.717, 1.165) is 0 Å². The standard InChI is InChI=1S/C14H16N2O5/c17-12(3-1-2-4-14(19)20)15-9-5-6-11-10(7-9)16-13(18)8-21-11/h5-7H,1-4,8H2,(H,15,17)(H,16,18)(H,19,20). The lowest BCUT2D eigenvalue weighted by Gasteiger charge is -2.18. The Morgan fingerprint density at radius 3 is 2.81 bits per heavy atom. The summed E-state index contributed by atoms with van der Waals surface area (Å²) < 4.78 is 5.22. The van der Waals surface area contributed by atoms with Crippen LogP contribution in [-0.4, -0.2) is 29.5 Å². The van der Waals surface area contributed by atoms with Crippen molar-refractivity contribution in [3.05, 3.63) is 18.2 Å². The Bertz CT molecular complexity index is 570. The lowest BCUT2D eigenvalue weighted by atomic mass is 10.2. The molecule has 0 fully saturated rings. The van der Waals surface area contributed by atoms with Crippen molar-refractivity contribution in [1.29, 1.82) is 0 Å². The fraction of sp³-hybridized carbons (Fsp3) is 0.357. The summed E-state index contributed by atoms with van der Waals surface area (Å²) in [7, 11) is 0. The molecular formula is C14H16N2O5. The number of ether oxygens (including phenoxy) is 1. The van der Waals surface area contributed by atoms with E-state index in [0.29, 0.717) is 30.0 Å². The molecule has 0 saturated carbocycles. The minimum atomic E-state index is -0.860. The van der Waals surface area contributed by atoms with Gasteiger partial charge in [0.05, 0.1) is 5.69 Å². The van der Waals surface area contributed by atoms with Crippen molar-refractivity contribution in [2.24, 2.45) is 0 Å². The molecule has 1 aromatic rings. The van der Waals surface area contributed by atoms with Crippen molar-refractivity contribution in [2.75, 3.05) is 17.2 Å². The highest BCUT2D eigenvalue weighted by atomic mass is 16.5. The average Bonchev–Trinajstić information content (AvgIpc) is 2.43. The second-order valence-electron chi connectivity index (χ2n) is 4.70. The van der Waals surface area contributed by atoms with E-state index >= 15 is 0 Å². The average molecular weight is 292 g/mol. The highest BCUT2D eigenvalue weighted by Crippen LogP contribution is 2.30. The number of rotatable bonds is 6. The fourth-order valence-electron chi connectivity index (χ4n) is 1.95. The van der Waals surface area contributed by atoms with Gasteiger partial charge in [-0.15, -0.1) is 0 Å². The van der Waals surface area contributed by atoms with Gasteiger partial charge >= 0.3 is 5.97 Å². The summed E-state index contributed by atoms with van der Waals surface area (Å²) in [6.07, 6.45) is 1.31. The summed E-state index contributed by atoms with van der Waals surface area (Å²) in [6.45, 7) is -0.0116. The maximum absolute atomic E-state index is 11.7. The van der Waals surface area contributed by atoms with E-state index in [1.165, 1.54) is 0 Å². The highest BCUT2D eigenvalue weighted by Gasteiger charge is 2.16. The summed E-state index contributed by atoms with van der Waals surface area (Å²) in [5, 5.41) is 13.9. The summed E-state index contributed by atoms with van der Waals surface area (Å²) in [5.41, 5.74) is 1.08. The van der Waals surface area contributed by atoms with Crippen LogP contribution in [0, 0.1) is 0 Å². The van der Waals surface area contributed by atoms with Crippen molar-refractivity contribution < 1.29 is 24.2 Å². The molecule has 2 rings (SSSR count). The highest BCUT2D eigenvalue weighted by molar-refractivity contribution is 5.97. The van der Waals surface area contributed by atoms with Gasteiger partial charge in [-0.25, -0.2) is 0 Å². The number of carbonyl (C=O) groups excluding carboxylic acids is 2. The van der Waals surface area contributed by atoms with E-state index < -0.39 is 5.97 Å². The topological polar surface area (TPSA) is 105 Å². The van der Waals surface area contributed by atoms with Gasteiger partial charge < -0.3 is 20.5 Å². The fourth-order valence-corrected chi connectivity index (χ4v) is 1.95. The Morgan fingerprint density at radius 1 is 1.29 bits per heavy atom. The minimum Gasteiger partial charge on any atom is -0.482 e. The molecule has 7 nitrogen and oxygen atoms in total. The molecule has 0 atom stereocenters. The summed E-state index contributed by atoms with van der Waals surface area (Å²) >= 11 is 0. The number of carboxylic acids is 1. The van der Waals surface area contributed by atoms with Crippen LogP contribution in [0.5, 0.6) is 5.75 Å². The SMILES string of the molecule is O=C(O)CCCCC(=O)Nc1ccc2c(c1)NC(=O)CO2. The van der Waals surface area contributed by atoms with Gasteiger partial charge in [-0.2, -0.15) is 0 Å². The predicted octanol–water partition coefficient (Wildman–Crippen LogP) is 1.60. The van der Waals surface area contributed by atoms with Crippen LogP contribution in [0.2, 0.25) is 0 Å². The minimum absolute atomic E-state index is 0.0116. The third kappa shape index (κ3) is 4.48. The summed E-state index contributed by atoms with van der Waals surface area (Å²) in [4.78, 5) is 33.3. The van der Waals surface area contributed by atoms with Gasteiger partial charge in [-0.1, -0.05) is 0 Å². The zero-order chi connectivity index (χ0) is 15.2. The van der Waals surface area contributed by atoms with E-state index in [4.69, 9.17) is 9.84 Å². The quantitative estimate of drug-likeness (QED) is 0.691. The lowest BCUT2D eigenvalue weighted by Crippen LogP contribution is -2.25. The van der Waals surface area contributed by atoms with Crippen molar-refractivity contribution in [2.45, 2.75) is 25.7 Å². The Hall–Kier alpha value is -2.57. The number of hydrogen-bond acceptors (Lipinski definition) is 4. The van der Waals surface area contributed by atoms with Gasteiger partial charge in [-0.3, -0.25) is 14.4 Å². The van der Waals surface area contributed by atoms with Gasteiger partial charge in [0.25, 0.3) is 5.91 Å². The smallest absolute Gasteiger partial charge is 0.303 e. The molecule has 0 aliphatic carbocycles. The van der Waals surface area contributed by atoms with Crippen molar-refractivity contribution in [3.63, 3.8) is 0 Å². The second kappa shape index (κ2) is 6.74. The molecule has 0 radical (unpaired) electrons. The largest absolute Gasteiger partial charge is 0.482 e. The van der Waals surface area contributed by atoms with Gasteiger partial charge in [0.2, 0.25) is 5.91 Å². The molecule has 112 valence electrons. The lowest BCUT2D eigenvalue weighted by molar-refractivity contribution is -0.137. The Morgan fingerprint density at radius 2 is 2.05 bits per heavy atom. The predicted molar refractivity (Wildman–Crippen MR) is 75.3 cm³/mol. The molecule has 2 amide bonds. The Kier molecular flexibility index (Phi) is 4.76. The van der Waals surface area contributed by atoms with E-state index in [2.05, 4.69) is 10.6 Å². The molecule has 0 aromatic heterocycles. The number of nitrogens with one attached hydrogen (secondary N) is 2. The first kappa shape index (κ1) is 14.8. The summed E-state index contributed by atoms with van der Waals surface area (Å²) in [5.74, 6) is -0.724. The van der Waals surface area contributed by atoms with Gasteiger partial charge in [-0.05, 0) is 31.0 Å². The molecule has 7 heteroatoms. The molecule has 1 aliphatic rings. The number of hydrogen-bond donors (Lipinski definition) is 3. The first-order valence-corrected chi connectivity index (χ1v) is 6.63. The van der Waals surface area contributed by atoms with Crippen LogP contribution in [0.15, 0.2) is 18.2 Å². The number of carbonyl (C=O) groups is 3. The Labute approximate surface area is 121 Å². The molecular weight excluding hydrogens is 276 g/mol. The summed E-state index contributed by atoms with van der Waals surface area (Å²) in [6, 6.07) is 4.99. The van der Waals surface area contributed by atoms with Crippen molar-refractivity contribution in [3.8, 4) is 5.75 Å². The van der Waals surface area contributed by atoms with Crippen molar-refractivity contribution >= 4 is 29.2 Å². The zero-order valence-corrected chi connectivity index (χ0v) is 11.3. The number of anilines is 2.